The molecule has 1 N–H and O–H groups in total. The van der Waals surface area contributed by atoms with Crippen molar-refractivity contribution < 1.29 is 0 Å². The van der Waals surface area contributed by atoms with E-state index in [2.05, 4.69) is 37.0 Å². The Kier molecular flexibility index (Phi) is 3.88. The number of pyridine rings is 1. The van der Waals surface area contributed by atoms with Gasteiger partial charge in [-0.3, -0.25) is 4.98 Å². The summed E-state index contributed by atoms with van der Waals surface area (Å²) in [5.74, 6) is 3.85. The molecule has 1 aliphatic carbocycles. The van der Waals surface area contributed by atoms with Gasteiger partial charge in [0.15, 0.2) is 5.82 Å². The largest absolute Gasteiger partial charge is 0.356 e. The maximum absolute atomic E-state index is 4.69. The molecule has 1 saturated heterocycles. The minimum absolute atomic E-state index is 0.470. The number of piperidine rings is 1. The fourth-order valence-electron chi connectivity index (χ4n) is 3.70. The molecule has 2 fully saturated rings. The topological polar surface area (TPSA) is 70.6 Å². The molecule has 3 aromatic heterocycles. The molecule has 132 valence electrons. The molecule has 6 nitrogen and oxygen atoms in total. The van der Waals surface area contributed by atoms with Crippen LogP contribution >= 0.6 is 0 Å². The predicted octanol–water partition coefficient (Wildman–Crippen LogP) is 3.52. The third-order valence-corrected chi connectivity index (χ3v) is 5.29. The second kappa shape index (κ2) is 6.52. The van der Waals surface area contributed by atoms with Crippen LogP contribution in [0.3, 0.4) is 0 Å². The number of anilines is 1. The van der Waals surface area contributed by atoms with Crippen LogP contribution in [0.4, 0.5) is 5.82 Å². The van der Waals surface area contributed by atoms with Crippen LogP contribution < -0.4 is 4.90 Å². The zero-order valence-corrected chi connectivity index (χ0v) is 14.7. The van der Waals surface area contributed by atoms with E-state index < -0.39 is 0 Å². The highest BCUT2D eigenvalue weighted by Gasteiger charge is 2.27. The van der Waals surface area contributed by atoms with Crippen molar-refractivity contribution >= 4 is 5.82 Å². The Labute approximate surface area is 152 Å². The Morgan fingerprint density at radius 3 is 2.77 bits per heavy atom. The summed E-state index contributed by atoms with van der Waals surface area (Å²) < 4.78 is 0. The molecule has 3 aromatic rings. The number of imidazole rings is 1. The van der Waals surface area contributed by atoms with E-state index in [1.165, 1.54) is 25.0 Å². The molecule has 0 amide bonds. The highest BCUT2D eigenvalue weighted by atomic mass is 15.2. The monoisotopic (exact) mass is 346 g/mol. The summed E-state index contributed by atoms with van der Waals surface area (Å²) >= 11 is 0. The first-order chi connectivity index (χ1) is 12.9. The van der Waals surface area contributed by atoms with Gasteiger partial charge in [-0.05, 0) is 43.9 Å². The van der Waals surface area contributed by atoms with Crippen LogP contribution in [0.5, 0.6) is 0 Å². The maximum Gasteiger partial charge on any atom is 0.157 e. The van der Waals surface area contributed by atoms with E-state index in [0.717, 1.165) is 42.7 Å². The zero-order chi connectivity index (χ0) is 17.3. The highest BCUT2D eigenvalue weighted by Crippen LogP contribution is 2.38. The Bertz CT molecular complexity index is 886. The lowest BCUT2D eigenvalue weighted by atomic mass is 9.94. The summed E-state index contributed by atoms with van der Waals surface area (Å²) in [5, 5.41) is 0. The average Bonchev–Trinajstić information content (AvgIpc) is 3.45. The van der Waals surface area contributed by atoms with Crippen molar-refractivity contribution in [3.63, 3.8) is 0 Å². The molecule has 0 radical (unpaired) electrons. The molecule has 0 bridgehead atoms. The van der Waals surface area contributed by atoms with Crippen LogP contribution in [-0.4, -0.2) is 38.0 Å². The standard InChI is InChI=1S/C20H22N6/c1-2-9-21-16(5-1)15-4-3-11-26(13-15)18-12-23-20(25-18)17-8-10-22-19(24-17)14-6-7-14/h1-2,5,8-10,12,14-15H,3-4,6-7,11,13H2,(H,23,25). The van der Waals surface area contributed by atoms with Crippen LogP contribution in [0, 0.1) is 0 Å². The number of hydrogen-bond donors (Lipinski definition) is 1. The second-order valence-corrected chi connectivity index (χ2v) is 7.23. The van der Waals surface area contributed by atoms with Gasteiger partial charge in [-0.25, -0.2) is 15.0 Å². The van der Waals surface area contributed by atoms with Crippen molar-refractivity contribution in [2.75, 3.05) is 18.0 Å². The van der Waals surface area contributed by atoms with Crippen molar-refractivity contribution in [3.8, 4) is 11.5 Å². The fourth-order valence-corrected chi connectivity index (χ4v) is 3.70. The number of H-pyrrole nitrogens is 1. The van der Waals surface area contributed by atoms with Gasteiger partial charge in [0, 0.05) is 43.0 Å². The number of nitrogens with one attached hydrogen (secondary N) is 1. The second-order valence-electron chi connectivity index (χ2n) is 7.23. The van der Waals surface area contributed by atoms with Gasteiger partial charge < -0.3 is 9.88 Å². The molecule has 5 rings (SSSR count). The van der Waals surface area contributed by atoms with E-state index in [9.17, 15) is 0 Å². The van der Waals surface area contributed by atoms with E-state index in [0.29, 0.717) is 11.8 Å². The van der Waals surface area contributed by atoms with Gasteiger partial charge in [0.2, 0.25) is 0 Å². The highest BCUT2D eigenvalue weighted by molar-refractivity contribution is 5.54. The van der Waals surface area contributed by atoms with Crippen molar-refractivity contribution in [2.24, 2.45) is 0 Å². The molecule has 0 aromatic carbocycles. The minimum Gasteiger partial charge on any atom is -0.356 e. The average molecular weight is 346 g/mol. The van der Waals surface area contributed by atoms with E-state index >= 15 is 0 Å². The Morgan fingerprint density at radius 1 is 0.962 bits per heavy atom. The molecule has 1 unspecified atom stereocenters. The number of aromatic nitrogens is 5. The summed E-state index contributed by atoms with van der Waals surface area (Å²) in [6, 6.07) is 8.11. The van der Waals surface area contributed by atoms with E-state index in [-0.39, 0.29) is 0 Å². The molecular weight excluding hydrogens is 324 g/mol. The normalized spacial score (nSPS) is 20.3. The van der Waals surface area contributed by atoms with Crippen LogP contribution in [0.2, 0.25) is 0 Å². The lowest BCUT2D eigenvalue weighted by molar-refractivity contribution is 0.499. The maximum atomic E-state index is 4.69. The van der Waals surface area contributed by atoms with Crippen LogP contribution in [-0.2, 0) is 0 Å². The predicted molar refractivity (Wildman–Crippen MR) is 100 cm³/mol. The molecule has 0 spiro atoms. The van der Waals surface area contributed by atoms with Gasteiger partial charge in [-0.2, -0.15) is 0 Å². The molecule has 1 aliphatic heterocycles. The summed E-state index contributed by atoms with van der Waals surface area (Å²) in [6.45, 7) is 2.01. The quantitative estimate of drug-likeness (QED) is 0.782. The van der Waals surface area contributed by atoms with Crippen LogP contribution in [0.25, 0.3) is 11.5 Å². The molecular formula is C20H22N6. The van der Waals surface area contributed by atoms with Crippen molar-refractivity contribution in [2.45, 2.75) is 37.5 Å². The first-order valence-corrected chi connectivity index (χ1v) is 9.41. The summed E-state index contributed by atoms with van der Waals surface area (Å²) in [4.78, 5) is 24.1. The van der Waals surface area contributed by atoms with Gasteiger partial charge in [0.1, 0.15) is 17.3 Å². The Hall–Kier alpha value is -2.76. The molecule has 2 aliphatic rings. The van der Waals surface area contributed by atoms with Gasteiger partial charge in [-0.15, -0.1) is 0 Å². The number of aromatic amines is 1. The Morgan fingerprint density at radius 2 is 1.92 bits per heavy atom. The zero-order valence-electron chi connectivity index (χ0n) is 14.7. The number of nitrogens with zero attached hydrogens (tertiary/aromatic N) is 5. The number of hydrogen-bond acceptors (Lipinski definition) is 5. The third-order valence-electron chi connectivity index (χ3n) is 5.29. The van der Waals surface area contributed by atoms with E-state index in [1.54, 1.807) is 0 Å². The summed E-state index contributed by atoms with van der Waals surface area (Å²) in [7, 11) is 0. The Balaban J connectivity index is 1.35. The third kappa shape index (κ3) is 3.07. The van der Waals surface area contributed by atoms with Crippen molar-refractivity contribution in [1.29, 1.82) is 0 Å². The lowest BCUT2D eigenvalue weighted by Crippen LogP contribution is -2.34. The van der Waals surface area contributed by atoms with Crippen LogP contribution in [0.15, 0.2) is 42.9 Å². The molecule has 1 atom stereocenters. The number of rotatable bonds is 4. The van der Waals surface area contributed by atoms with Crippen molar-refractivity contribution in [3.05, 3.63) is 54.4 Å². The van der Waals surface area contributed by atoms with Crippen molar-refractivity contribution in [1.82, 2.24) is 24.9 Å². The molecule has 1 saturated carbocycles. The molecule has 6 heteroatoms. The first kappa shape index (κ1) is 15.5. The van der Waals surface area contributed by atoms with Crippen LogP contribution in [0.1, 0.15) is 49.0 Å². The smallest absolute Gasteiger partial charge is 0.157 e. The SMILES string of the molecule is c1ccc(C2CCCN(c3cnc(-c4ccnc(C5CC5)n4)[nH]3)C2)nc1. The van der Waals surface area contributed by atoms with Gasteiger partial charge >= 0.3 is 0 Å². The summed E-state index contributed by atoms with van der Waals surface area (Å²) in [5.41, 5.74) is 2.06. The fraction of sp³-hybridized carbons (Fsp3) is 0.400. The van der Waals surface area contributed by atoms with Gasteiger partial charge in [0.25, 0.3) is 0 Å². The summed E-state index contributed by atoms with van der Waals surface area (Å²) in [6.07, 6.45) is 10.4. The van der Waals surface area contributed by atoms with Gasteiger partial charge in [0.05, 0.1) is 6.20 Å². The minimum atomic E-state index is 0.470. The van der Waals surface area contributed by atoms with Gasteiger partial charge in [-0.1, -0.05) is 6.07 Å². The molecule has 26 heavy (non-hydrogen) atoms. The lowest BCUT2D eigenvalue weighted by Gasteiger charge is -2.32. The van der Waals surface area contributed by atoms with E-state index in [4.69, 9.17) is 4.98 Å². The first-order valence-electron chi connectivity index (χ1n) is 9.41. The molecule has 4 heterocycles. The van der Waals surface area contributed by atoms with E-state index in [1.807, 2.05) is 30.7 Å².